The summed E-state index contributed by atoms with van der Waals surface area (Å²) >= 11 is 0.212. The second kappa shape index (κ2) is 5.24. The number of alkyl halides is 6. The van der Waals surface area contributed by atoms with Gasteiger partial charge in [-0.1, -0.05) is 22.7 Å². The van der Waals surface area contributed by atoms with Gasteiger partial charge in [0, 0.05) is 12.1 Å². The minimum absolute atomic E-state index is 0.502. The van der Waals surface area contributed by atoms with E-state index in [9.17, 15) is 26.3 Å². The predicted octanol–water partition coefficient (Wildman–Crippen LogP) is 1.98. The molecule has 0 aliphatic rings. The summed E-state index contributed by atoms with van der Waals surface area (Å²) in [5.74, 6) is 0. The van der Waals surface area contributed by atoms with Crippen LogP contribution in [-0.4, -0.2) is 0 Å². The van der Waals surface area contributed by atoms with E-state index in [-0.39, 0.29) is 0 Å². The molecule has 0 aliphatic carbocycles. The summed E-state index contributed by atoms with van der Waals surface area (Å²) < 4.78 is 75.3. The minimum atomic E-state index is -4.39. The first-order chi connectivity index (χ1) is 8.66. The standard InChI is InChI=1S/C10H4F6IS2/c11-9(12,13)5-1-3-7(18-5)17-8-4-2-6(19-8)10(14,15)16/h1-4H/q+1. The molecule has 2 aromatic heterocycles. The summed E-state index contributed by atoms with van der Waals surface area (Å²) in [7, 11) is 0. The maximum Gasteiger partial charge on any atom is 0.425 e. The molecule has 0 spiro atoms. The highest BCUT2D eigenvalue weighted by molar-refractivity contribution is 7.10. The molecule has 0 atom stereocenters. The van der Waals surface area contributed by atoms with Crippen LogP contribution in [0.4, 0.5) is 26.3 Å². The van der Waals surface area contributed by atoms with Gasteiger partial charge in [0.05, 0.1) is 0 Å². The molecule has 0 N–H and O–H groups in total. The summed E-state index contributed by atoms with van der Waals surface area (Å²) in [6, 6.07) is 4.62. The molecule has 0 saturated carbocycles. The normalized spacial score (nSPS) is 12.9. The zero-order chi connectivity index (χ0) is 14.3. The molecule has 0 fully saturated rings. The van der Waals surface area contributed by atoms with Crippen LogP contribution in [0.5, 0.6) is 0 Å². The third-order valence-corrected chi connectivity index (χ3v) is 7.87. The van der Waals surface area contributed by atoms with Gasteiger partial charge in [0.25, 0.3) is 0 Å². The third kappa shape index (κ3) is 3.85. The molecule has 0 radical (unpaired) electrons. The van der Waals surface area contributed by atoms with E-state index in [1.807, 2.05) is 0 Å². The Morgan fingerprint density at radius 2 is 1.05 bits per heavy atom. The van der Waals surface area contributed by atoms with Gasteiger partial charge in [-0.2, -0.15) is 26.3 Å². The van der Waals surface area contributed by atoms with Crippen molar-refractivity contribution in [2.75, 3.05) is 0 Å². The average Bonchev–Trinajstić information content (AvgIpc) is 2.84. The first-order valence-corrected chi connectivity index (χ1v) is 8.44. The van der Waals surface area contributed by atoms with Crippen molar-refractivity contribution >= 4 is 22.7 Å². The van der Waals surface area contributed by atoms with Gasteiger partial charge >= 0.3 is 33.6 Å². The Bertz CT molecular complexity index is 515. The van der Waals surface area contributed by atoms with Gasteiger partial charge in [0.1, 0.15) is 9.75 Å². The van der Waals surface area contributed by atoms with E-state index in [4.69, 9.17) is 0 Å². The second-order valence-corrected chi connectivity index (χ2v) is 9.79. The molecule has 19 heavy (non-hydrogen) atoms. The van der Waals surface area contributed by atoms with Gasteiger partial charge in [-0.05, 0) is 12.1 Å². The van der Waals surface area contributed by atoms with E-state index in [0.29, 0.717) is 28.4 Å². The molecule has 0 bridgehead atoms. The molecule has 2 aromatic rings. The van der Waals surface area contributed by atoms with E-state index in [1.165, 1.54) is 12.1 Å². The first-order valence-electron chi connectivity index (χ1n) is 4.65. The van der Waals surface area contributed by atoms with Crippen molar-refractivity contribution in [1.29, 1.82) is 0 Å². The number of halogens is 7. The Kier molecular flexibility index (Phi) is 4.17. The Morgan fingerprint density at radius 1 is 0.684 bits per heavy atom. The molecule has 0 nitrogen and oxygen atoms in total. The molecule has 0 unspecified atom stereocenters. The van der Waals surface area contributed by atoms with Crippen LogP contribution < -0.4 is 21.2 Å². The summed E-state index contributed by atoms with van der Waals surface area (Å²) in [6.07, 6.45) is -8.78. The molecule has 9 heteroatoms. The van der Waals surface area contributed by atoms with Crippen molar-refractivity contribution in [3.8, 4) is 0 Å². The highest BCUT2D eigenvalue weighted by atomic mass is 127. The van der Waals surface area contributed by atoms with Gasteiger partial charge < -0.3 is 0 Å². The van der Waals surface area contributed by atoms with E-state index in [0.717, 1.165) is 12.1 Å². The summed E-state index contributed by atoms with van der Waals surface area (Å²) in [5.41, 5.74) is 0. The Balaban J connectivity index is 2.14. The number of hydrogen-bond donors (Lipinski definition) is 0. The fraction of sp³-hybridized carbons (Fsp3) is 0.200. The molecule has 104 valence electrons. The molecule has 0 amide bonds. The summed E-state index contributed by atoms with van der Waals surface area (Å²) in [5, 5.41) is 0. The van der Waals surface area contributed by atoms with Crippen LogP contribution in [0, 0.1) is 5.77 Å². The van der Waals surface area contributed by atoms with Crippen LogP contribution in [0.25, 0.3) is 0 Å². The van der Waals surface area contributed by atoms with E-state index in [1.54, 1.807) is 0 Å². The van der Waals surface area contributed by atoms with Crippen LogP contribution in [-0.2, 0) is 12.4 Å². The molecular weight excluding hydrogens is 425 g/mol. The lowest BCUT2D eigenvalue weighted by Gasteiger charge is -1.99. The molecule has 0 saturated heterocycles. The largest absolute Gasteiger partial charge is 0.425 e. The lowest BCUT2D eigenvalue weighted by Crippen LogP contribution is -3.61. The smallest absolute Gasteiger partial charge is 0.165 e. The zero-order valence-corrected chi connectivity index (χ0v) is 12.6. The quantitative estimate of drug-likeness (QED) is 0.506. The Labute approximate surface area is 122 Å². The van der Waals surface area contributed by atoms with Gasteiger partial charge in [0.15, 0.2) is 0 Å². The highest BCUT2D eigenvalue weighted by Crippen LogP contribution is 2.33. The maximum atomic E-state index is 12.4. The van der Waals surface area contributed by atoms with Crippen LogP contribution in [0.1, 0.15) is 9.75 Å². The van der Waals surface area contributed by atoms with Crippen molar-refractivity contribution < 1.29 is 47.5 Å². The minimum Gasteiger partial charge on any atom is -0.165 e. The SMILES string of the molecule is FC(F)(F)c1ccc([I+]c2ccc(C(F)(F)F)s2)s1. The lowest BCUT2D eigenvalue weighted by molar-refractivity contribution is -0.585. The van der Waals surface area contributed by atoms with Crippen LogP contribution in [0.15, 0.2) is 24.3 Å². The molecule has 0 aromatic carbocycles. The predicted molar refractivity (Wildman–Crippen MR) is 56.0 cm³/mol. The zero-order valence-electron chi connectivity index (χ0n) is 8.77. The third-order valence-electron chi connectivity index (χ3n) is 1.89. The van der Waals surface area contributed by atoms with Crippen molar-refractivity contribution in [3.05, 3.63) is 39.8 Å². The Morgan fingerprint density at radius 3 is 1.32 bits per heavy atom. The fourth-order valence-electron chi connectivity index (χ4n) is 1.13. The van der Waals surface area contributed by atoms with E-state index < -0.39 is 43.3 Å². The maximum absolute atomic E-state index is 12.4. The van der Waals surface area contributed by atoms with E-state index >= 15 is 0 Å². The number of thiophene rings is 2. The molecular formula is C10H4F6IS2+. The van der Waals surface area contributed by atoms with Gasteiger partial charge in [-0.25, -0.2) is 0 Å². The van der Waals surface area contributed by atoms with Crippen LogP contribution in [0.3, 0.4) is 0 Å². The molecule has 2 rings (SSSR count). The average molecular weight is 429 g/mol. The Hall–Kier alpha value is -0.290. The summed E-state index contributed by atoms with van der Waals surface area (Å²) in [6.45, 7) is 0. The number of hydrogen-bond acceptors (Lipinski definition) is 2. The highest BCUT2D eigenvalue weighted by Gasteiger charge is 2.37. The van der Waals surface area contributed by atoms with Crippen molar-refractivity contribution in [2.45, 2.75) is 12.4 Å². The van der Waals surface area contributed by atoms with Gasteiger partial charge in [-0.15, -0.1) is 0 Å². The second-order valence-electron chi connectivity index (χ2n) is 3.30. The first kappa shape index (κ1) is 15.1. The van der Waals surface area contributed by atoms with Crippen LogP contribution >= 0.6 is 22.7 Å². The van der Waals surface area contributed by atoms with E-state index in [2.05, 4.69) is 0 Å². The lowest BCUT2D eigenvalue weighted by atomic mass is 10.5. The van der Waals surface area contributed by atoms with Gasteiger partial charge in [-0.3, -0.25) is 0 Å². The van der Waals surface area contributed by atoms with Crippen LogP contribution in [0.2, 0.25) is 0 Å². The monoisotopic (exact) mass is 429 g/mol. The summed E-state index contributed by atoms with van der Waals surface area (Å²) in [4.78, 5) is -1.43. The fourth-order valence-corrected chi connectivity index (χ4v) is 7.17. The topological polar surface area (TPSA) is 0 Å². The van der Waals surface area contributed by atoms with Crippen molar-refractivity contribution in [1.82, 2.24) is 0 Å². The van der Waals surface area contributed by atoms with Crippen molar-refractivity contribution in [3.63, 3.8) is 0 Å². The molecule has 2 heterocycles. The van der Waals surface area contributed by atoms with Crippen molar-refractivity contribution in [2.24, 2.45) is 0 Å². The molecule has 0 aliphatic heterocycles. The van der Waals surface area contributed by atoms with Gasteiger partial charge in [0.2, 0.25) is 5.77 Å². The number of rotatable bonds is 2.